The number of benzene rings is 1. The maximum absolute atomic E-state index is 6.01. The third-order valence-corrected chi connectivity index (χ3v) is 3.01. The van der Waals surface area contributed by atoms with Gasteiger partial charge in [0.15, 0.2) is 0 Å². The van der Waals surface area contributed by atoms with Gasteiger partial charge in [0.25, 0.3) is 0 Å². The fraction of sp³-hybridized carbons (Fsp3) is 0.385. The number of H-pyrrole nitrogens is 1. The van der Waals surface area contributed by atoms with Crippen LogP contribution in [0.3, 0.4) is 0 Å². The molecule has 1 aromatic heterocycles. The van der Waals surface area contributed by atoms with Crippen molar-refractivity contribution >= 4 is 10.9 Å². The SMILES string of the molecule is COc1cc(C)c2[nH]c(C)c(C(C)N)c2c1. The van der Waals surface area contributed by atoms with Crippen LogP contribution in [0.5, 0.6) is 5.75 Å². The number of ether oxygens (including phenoxy) is 1. The summed E-state index contributed by atoms with van der Waals surface area (Å²) < 4.78 is 5.29. The fourth-order valence-corrected chi connectivity index (χ4v) is 2.29. The van der Waals surface area contributed by atoms with Crippen molar-refractivity contribution in [3.05, 3.63) is 29.0 Å². The van der Waals surface area contributed by atoms with Gasteiger partial charge >= 0.3 is 0 Å². The van der Waals surface area contributed by atoms with Crippen molar-refractivity contribution in [3.8, 4) is 5.75 Å². The van der Waals surface area contributed by atoms with Gasteiger partial charge in [-0.25, -0.2) is 0 Å². The molecule has 1 aromatic carbocycles. The van der Waals surface area contributed by atoms with Crippen molar-refractivity contribution in [2.24, 2.45) is 5.73 Å². The Hall–Kier alpha value is -1.48. The Morgan fingerprint density at radius 2 is 2.00 bits per heavy atom. The van der Waals surface area contributed by atoms with Crippen molar-refractivity contribution in [2.75, 3.05) is 7.11 Å². The van der Waals surface area contributed by atoms with Crippen LogP contribution in [0.1, 0.15) is 29.8 Å². The van der Waals surface area contributed by atoms with Crippen LogP contribution in [0.25, 0.3) is 10.9 Å². The largest absolute Gasteiger partial charge is 0.497 e. The molecule has 0 radical (unpaired) electrons. The molecule has 1 unspecified atom stereocenters. The third kappa shape index (κ3) is 1.57. The topological polar surface area (TPSA) is 51.0 Å². The molecule has 0 spiro atoms. The van der Waals surface area contributed by atoms with Crippen LogP contribution in [0, 0.1) is 13.8 Å². The molecule has 0 saturated heterocycles. The van der Waals surface area contributed by atoms with Crippen LogP contribution in [0.15, 0.2) is 12.1 Å². The summed E-state index contributed by atoms with van der Waals surface area (Å²) in [7, 11) is 1.69. The molecular weight excluding hydrogens is 200 g/mol. The Morgan fingerprint density at radius 1 is 1.31 bits per heavy atom. The molecule has 1 heterocycles. The summed E-state index contributed by atoms with van der Waals surface area (Å²) in [5.74, 6) is 0.880. The highest BCUT2D eigenvalue weighted by Gasteiger charge is 2.14. The Balaban J connectivity index is 2.81. The van der Waals surface area contributed by atoms with Gasteiger partial charge in [0, 0.05) is 22.6 Å². The quantitative estimate of drug-likeness (QED) is 0.814. The molecule has 86 valence electrons. The zero-order valence-corrected chi connectivity index (χ0v) is 10.2. The summed E-state index contributed by atoms with van der Waals surface area (Å²) >= 11 is 0. The van der Waals surface area contributed by atoms with Crippen LogP contribution in [0.4, 0.5) is 0 Å². The summed E-state index contributed by atoms with van der Waals surface area (Å²) in [6.07, 6.45) is 0. The minimum atomic E-state index is 0.0280. The highest BCUT2D eigenvalue weighted by molar-refractivity contribution is 5.89. The van der Waals surface area contributed by atoms with E-state index in [1.807, 2.05) is 19.1 Å². The van der Waals surface area contributed by atoms with E-state index in [1.165, 1.54) is 16.5 Å². The molecule has 0 aliphatic carbocycles. The zero-order chi connectivity index (χ0) is 11.9. The number of hydrogen-bond donors (Lipinski definition) is 2. The summed E-state index contributed by atoms with van der Waals surface area (Å²) in [6.45, 7) is 6.14. The molecule has 0 amide bonds. The predicted molar refractivity (Wildman–Crippen MR) is 66.9 cm³/mol. The van der Waals surface area contributed by atoms with Gasteiger partial charge in [-0.05, 0) is 44.0 Å². The monoisotopic (exact) mass is 218 g/mol. The lowest BCUT2D eigenvalue weighted by atomic mass is 10.0. The molecule has 16 heavy (non-hydrogen) atoms. The molecule has 2 aromatic rings. The standard InChI is InChI=1S/C13H18N2O/c1-7-5-10(16-4)6-11-12(8(2)14)9(3)15-13(7)11/h5-6,8,15H,14H2,1-4H3. The van der Waals surface area contributed by atoms with E-state index >= 15 is 0 Å². The van der Waals surface area contributed by atoms with Gasteiger partial charge in [-0.15, -0.1) is 0 Å². The number of hydrogen-bond acceptors (Lipinski definition) is 2. The second kappa shape index (κ2) is 3.83. The lowest BCUT2D eigenvalue weighted by molar-refractivity contribution is 0.415. The zero-order valence-electron chi connectivity index (χ0n) is 10.2. The van der Waals surface area contributed by atoms with Crippen LogP contribution < -0.4 is 10.5 Å². The van der Waals surface area contributed by atoms with Crippen LogP contribution in [-0.2, 0) is 0 Å². The minimum absolute atomic E-state index is 0.0280. The van der Waals surface area contributed by atoms with Crippen LogP contribution >= 0.6 is 0 Å². The van der Waals surface area contributed by atoms with E-state index in [0.717, 1.165) is 17.0 Å². The number of aromatic amines is 1. The smallest absolute Gasteiger partial charge is 0.119 e. The van der Waals surface area contributed by atoms with Gasteiger partial charge in [-0.3, -0.25) is 0 Å². The van der Waals surface area contributed by atoms with Crippen molar-refractivity contribution in [1.29, 1.82) is 0 Å². The molecule has 3 heteroatoms. The molecule has 3 N–H and O–H groups in total. The number of rotatable bonds is 2. The lowest BCUT2D eigenvalue weighted by Gasteiger charge is -2.07. The van der Waals surface area contributed by atoms with Crippen molar-refractivity contribution in [3.63, 3.8) is 0 Å². The van der Waals surface area contributed by atoms with E-state index in [-0.39, 0.29) is 6.04 Å². The van der Waals surface area contributed by atoms with E-state index < -0.39 is 0 Å². The average Bonchev–Trinajstić information content (AvgIpc) is 2.54. The third-order valence-electron chi connectivity index (χ3n) is 3.01. The molecule has 2 rings (SSSR count). The van der Waals surface area contributed by atoms with Gasteiger partial charge in [0.1, 0.15) is 5.75 Å². The average molecular weight is 218 g/mol. The van der Waals surface area contributed by atoms with E-state index in [9.17, 15) is 0 Å². The number of nitrogens with one attached hydrogen (secondary N) is 1. The molecule has 0 aliphatic rings. The fourth-order valence-electron chi connectivity index (χ4n) is 2.29. The summed E-state index contributed by atoms with van der Waals surface area (Å²) in [5.41, 5.74) is 10.7. The molecule has 0 fully saturated rings. The number of fused-ring (bicyclic) bond motifs is 1. The first kappa shape index (κ1) is 11.0. The van der Waals surface area contributed by atoms with Crippen molar-refractivity contribution in [1.82, 2.24) is 4.98 Å². The number of aryl methyl sites for hydroxylation is 2. The first-order valence-corrected chi connectivity index (χ1v) is 5.47. The first-order chi connectivity index (χ1) is 7.54. The van der Waals surface area contributed by atoms with Crippen LogP contribution in [0.2, 0.25) is 0 Å². The van der Waals surface area contributed by atoms with E-state index in [1.54, 1.807) is 7.11 Å². The molecule has 0 aliphatic heterocycles. The highest BCUT2D eigenvalue weighted by atomic mass is 16.5. The Kier molecular flexibility index (Phi) is 2.64. The number of nitrogens with two attached hydrogens (primary N) is 1. The van der Waals surface area contributed by atoms with Gasteiger partial charge in [0.05, 0.1) is 7.11 Å². The summed E-state index contributed by atoms with van der Waals surface area (Å²) in [5, 5.41) is 1.17. The van der Waals surface area contributed by atoms with Crippen molar-refractivity contribution in [2.45, 2.75) is 26.8 Å². The maximum Gasteiger partial charge on any atom is 0.119 e. The molecule has 1 atom stereocenters. The van der Waals surface area contributed by atoms with E-state index in [4.69, 9.17) is 10.5 Å². The van der Waals surface area contributed by atoms with Gasteiger partial charge in [-0.2, -0.15) is 0 Å². The van der Waals surface area contributed by atoms with Crippen molar-refractivity contribution < 1.29 is 4.74 Å². The highest BCUT2D eigenvalue weighted by Crippen LogP contribution is 2.31. The predicted octanol–water partition coefficient (Wildman–Crippen LogP) is 2.81. The number of methoxy groups -OCH3 is 1. The normalized spacial score (nSPS) is 13.1. The summed E-state index contributed by atoms with van der Waals surface area (Å²) in [6, 6.07) is 4.11. The van der Waals surface area contributed by atoms with Gasteiger partial charge < -0.3 is 15.5 Å². The second-order valence-corrected chi connectivity index (χ2v) is 4.32. The maximum atomic E-state index is 6.01. The Labute approximate surface area is 95.6 Å². The van der Waals surface area contributed by atoms with Gasteiger partial charge in [-0.1, -0.05) is 0 Å². The second-order valence-electron chi connectivity index (χ2n) is 4.32. The number of aromatic nitrogens is 1. The first-order valence-electron chi connectivity index (χ1n) is 5.47. The Bertz CT molecular complexity index is 526. The molecule has 3 nitrogen and oxygen atoms in total. The molecular formula is C13H18N2O. The molecule has 0 bridgehead atoms. The van der Waals surface area contributed by atoms with E-state index in [0.29, 0.717) is 0 Å². The minimum Gasteiger partial charge on any atom is -0.497 e. The lowest BCUT2D eigenvalue weighted by Crippen LogP contribution is -2.05. The molecule has 0 saturated carbocycles. The summed E-state index contributed by atoms with van der Waals surface area (Å²) in [4.78, 5) is 3.39. The van der Waals surface area contributed by atoms with E-state index in [2.05, 4.69) is 18.8 Å². The van der Waals surface area contributed by atoms with Crippen LogP contribution in [-0.4, -0.2) is 12.1 Å². The van der Waals surface area contributed by atoms with Gasteiger partial charge in [0.2, 0.25) is 0 Å². The Morgan fingerprint density at radius 3 is 2.56 bits per heavy atom.